The molecule has 0 aliphatic heterocycles. The van der Waals surface area contributed by atoms with Gasteiger partial charge in [-0.1, -0.05) is 13.3 Å². The van der Waals surface area contributed by atoms with Crippen LogP contribution in [0.15, 0.2) is 12.1 Å². The maximum Gasteiger partial charge on any atom is 0.172 e. The van der Waals surface area contributed by atoms with E-state index in [1.807, 2.05) is 19.1 Å². The van der Waals surface area contributed by atoms with Gasteiger partial charge in [0, 0.05) is 11.3 Å². The van der Waals surface area contributed by atoms with Gasteiger partial charge < -0.3 is 0 Å². The number of Topliss-reactive ketones (excluding diaryl/α,β-unsaturated/α-hetero) is 1. The van der Waals surface area contributed by atoms with Gasteiger partial charge in [0.25, 0.3) is 0 Å². The Bertz CT molecular complexity index is 263. The minimum absolute atomic E-state index is 0.301. The lowest BCUT2D eigenvalue weighted by molar-refractivity contribution is 0.0983. The average Bonchev–Trinajstić information content (AvgIpc) is 2.47. The van der Waals surface area contributed by atoms with E-state index in [4.69, 9.17) is 0 Å². The maximum atomic E-state index is 11.4. The van der Waals surface area contributed by atoms with Crippen LogP contribution >= 0.6 is 11.3 Å². The van der Waals surface area contributed by atoms with Crippen LogP contribution in [0.5, 0.6) is 0 Å². The second-order valence-corrected chi connectivity index (χ2v) is 4.22. The molecule has 1 nitrogen and oxygen atoms in total. The first-order chi connectivity index (χ1) is 5.74. The third kappa shape index (κ3) is 2.45. The number of unbranched alkanes of at least 4 members (excludes halogenated alkanes) is 1. The van der Waals surface area contributed by atoms with Crippen LogP contribution in [0, 0.1) is 6.92 Å². The van der Waals surface area contributed by atoms with E-state index in [0.717, 1.165) is 17.7 Å². The second-order valence-electron chi connectivity index (χ2n) is 2.94. The van der Waals surface area contributed by atoms with Crippen LogP contribution in [0.2, 0.25) is 0 Å². The van der Waals surface area contributed by atoms with Gasteiger partial charge in [-0.25, -0.2) is 0 Å². The molecule has 0 spiro atoms. The molecule has 0 atom stereocenters. The molecule has 0 saturated carbocycles. The van der Waals surface area contributed by atoms with E-state index in [1.165, 1.54) is 4.88 Å². The number of hydrogen-bond acceptors (Lipinski definition) is 2. The Balaban J connectivity index is 2.53. The molecular weight excluding hydrogens is 168 g/mol. The highest BCUT2D eigenvalue weighted by Crippen LogP contribution is 2.17. The summed E-state index contributed by atoms with van der Waals surface area (Å²) in [4.78, 5) is 13.6. The lowest BCUT2D eigenvalue weighted by Crippen LogP contribution is -1.94. The predicted octanol–water partition coefficient (Wildman–Crippen LogP) is 3.43. The van der Waals surface area contributed by atoms with Gasteiger partial charge in [0.2, 0.25) is 0 Å². The number of carbonyl (C=O) groups excluding carboxylic acids is 1. The summed E-state index contributed by atoms with van der Waals surface area (Å²) in [7, 11) is 0. The normalized spacial score (nSPS) is 10.2. The highest BCUT2D eigenvalue weighted by molar-refractivity contribution is 7.14. The standard InChI is InChI=1S/C10H14OS/c1-3-4-5-9(11)10-7-6-8(2)12-10/h6-7H,3-5H2,1-2H3. The summed E-state index contributed by atoms with van der Waals surface area (Å²) in [5.74, 6) is 0.301. The molecular formula is C10H14OS. The molecule has 0 N–H and O–H groups in total. The van der Waals surface area contributed by atoms with Crippen molar-refractivity contribution in [1.82, 2.24) is 0 Å². The third-order valence-electron chi connectivity index (χ3n) is 1.77. The van der Waals surface area contributed by atoms with Gasteiger partial charge in [-0.15, -0.1) is 11.3 Å². The monoisotopic (exact) mass is 182 g/mol. The van der Waals surface area contributed by atoms with Gasteiger partial charge in [-0.3, -0.25) is 4.79 Å². The lowest BCUT2D eigenvalue weighted by atomic mass is 10.1. The van der Waals surface area contributed by atoms with Crippen LogP contribution in [-0.4, -0.2) is 5.78 Å². The van der Waals surface area contributed by atoms with Crippen LogP contribution < -0.4 is 0 Å². The van der Waals surface area contributed by atoms with Crippen molar-refractivity contribution in [3.05, 3.63) is 21.9 Å². The molecule has 0 saturated heterocycles. The maximum absolute atomic E-state index is 11.4. The molecule has 0 bridgehead atoms. The molecule has 66 valence electrons. The van der Waals surface area contributed by atoms with Crippen molar-refractivity contribution < 1.29 is 4.79 Å². The smallest absolute Gasteiger partial charge is 0.172 e. The number of rotatable bonds is 4. The van der Waals surface area contributed by atoms with Crippen molar-refractivity contribution in [2.24, 2.45) is 0 Å². The fraction of sp³-hybridized carbons (Fsp3) is 0.500. The fourth-order valence-electron chi connectivity index (χ4n) is 1.04. The summed E-state index contributed by atoms with van der Waals surface area (Å²) in [6.07, 6.45) is 2.81. The van der Waals surface area contributed by atoms with E-state index in [2.05, 4.69) is 6.92 Å². The molecule has 0 aliphatic rings. The summed E-state index contributed by atoms with van der Waals surface area (Å²) in [5.41, 5.74) is 0. The average molecular weight is 182 g/mol. The number of aryl methyl sites for hydroxylation is 1. The topological polar surface area (TPSA) is 17.1 Å². The molecule has 1 heterocycles. The minimum atomic E-state index is 0.301. The Morgan fingerprint density at radius 3 is 2.75 bits per heavy atom. The highest BCUT2D eigenvalue weighted by Gasteiger charge is 2.06. The van der Waals surface area contributed by atoms with Gasteiger partial charge >= 0.3 is 0 Å². The zero-order valence-electron chi connectivity index (χ0n) is 7.59. The van der Waals surface area contributed by atoms with Gasteiger partial charge in [0.1, 0.15) is 0 Å². The zero-order chi connectivity index (χ0) is 8.97. The first kappa shape index (κ1) is 9.46. The van der Waals surface area contributed by atoms with Gasteiger partial charge in [-0.2, -0.15) is 0 Å². The van der Waals surface area contributed by atoms with Crippen LogP contribution in [-0.2, 0) is 0 Å². The molecule has 0 amide bonds. The number of carbonyl (C=O) groups is 1. The molecule has 0 radical (unpaired) electrons. The Morgan fingerprint density at radius 1 is 1.50 bits per heavy atom. The minimum Gasteiger partial charge on any atom is -0.293 e. The number of thiophene rings is 1. The molecule has 0 unspecified atom stereocenters. The Hall–Kier alpha value is -0.630. The molecule has 1 aromatic heterocycles. The molecule has 0 aliphatic carbocycles. The van der Waals surface area contributed by atoms with Crippen molar-refractivity contribution in [2.45, 2.75) is 33.1 Å². The molecule has 0 fully saturated rings. The zero-order valence-corrected chi connectivity index (χ0v) is 8.41. The van der Waals surface area contributed by atoms with Crippen LogP contribution in [0.25, 0.3) is 0 Å². The van der Waals surface area contributed by atoms with Crippen molar-refractivity contribution in [3.8, 4) is 0 Å². The van der Waals surface area contributed by atoms with Gasteiger partial charge in [0.05, 0.1) is 4.88 Å². The van der Waals surface area contributed by atoms with E-state index < -0.39 is 0 Å². The van der Waals surface area contributed by atoms with E-state index >= 15 is 0 Å². The predicted molar refractivity (Wildman–Crippen MR) is 52.9 cm³/mol. The first-order valence-corrected chi connectivity index (χ1v) is 5.15. The fourth-order valence-corrected chi connectivity index (χ4v) is 1.88. The Morgan fingerprint density at radius 2 is 2.25 bits per heavy atom. The molecule has 2 heteroatoms. The van der Waals surface area contributed by atoms with E-state index in [-0.39, 0.29) is 0 Å². The van der Waals surface area contributed by atoms with E-state index in [9.17, 15) is 4.79 Å². The lowest BCUT2D eigenvalue weighted by Gasteiger charge is -1.93. The Kier molecular flexibility index (Phi) is 3.48. The second kappa shape index (κ2) is 4.41. The van der Waals surface area contributed by atoms with Crippen LogP contribution in [0.3, 0.4) is 0 Å². The highest BCUT2D eigenvalue weighted by atomic mass is 32.1. The SMILES string of the molecule is CCCCC(=O)c1ccc(C)s1. The van der Waals surface area contributed by atoms with Crippen LogP contribution in [0.1, 0.15) is 40.7 Å². The van der Waals surface area contributed by atoms with Crippen molar-refractivity contribution in [1.29, 1.82) is 0 Å². The molecule has 12 heavy (non-hydrogen) atoms. The van der Waals surface area contributed by atoms with Crippen LogP contribution in [0.4, 0.5) is 0 Å². The quantitative estimate of drug-likeness (QED) is 0.652. The van der Waals surface area contributed by atoms with Gasteiger partial charge in [0.15, 0.2) is 5.78 Å². The molecule has 1 rings (SSSR count). The summed E-state index contributed by atoms with van der Waals surface area (Å²) in [6.45, 7) is 4.13. The summed E-state index contributed by atoms with van der Waals surface area (Å²) in [5, 5.41) is 0. The van der Waals surface area contributed by atoms with Crippen molar-refractivity contribution in [2.75, 3.05) is 0 Å². The first-order valence-electron chi connectivity index (χ1n) is 4.33. The number of hydrogen-bond donors (Lipinski definition) is 0. The Labute approximate surface area is 77.4 Å². The van der Waals surface area contributed by atoms with E-state index in [0.29, 0.717) is 12.2 Å². The number of ketones is 1. The van der Waals surface area contributed by atoms with Gasteiger partial charge in [-0.05, 0) is 25.5 Å². The molecule has 0 aromatic carbocycles. The third-order valence-corrected chi connectivity index (χ3v) is 2.81. The largest absolute Gasteiger partial charge is 0.293 e. The summed E-state index contributed by atoms with van der Waals surface area (Å²) in [6, 6.07) is 3.93. The van der Waals surface area contributed by atoms with E-state index in [1.54, 1.807) is 11.3 Å². The van der Waals surface area contributed by atoms with Crippen molar-refractivity contribution >= 4 is 17.1 Å². The summed E-state index contributed by atoms with van der Waals surface area (Å²) >= 11 is 1.60. The molecule has 1 aromatic rings. The summed E-state index contributed by atoms with van der Waals surface area (Å²) < 4.78 is 0. The van der Waals surface area contributed by atoms with Crippen molar-refractivity contribution in [3.63, 3.8) is 0 Å².